The van der Waals surface area contributed by atoms with Crippen LogP contribution in [0.1, 0.15) is 10.4 Å². The van der Waals surface area contributed by atoms with Crippen LogP contribution in [-0.4, -0.2) is 67.0 Å². The number of likely N-dealkylation sites (N-methyl/N-ethyl adjacent to an activating group) is 1. The summed E-state index contributed by atoms with van der Waals surface area (Å²) in [6.45, 7) is 0. The highest BCUT2D eigenvalue weighted by Crippen LogP contribution is 2.40. The average molecular weight is 384 g/mol. The minimum Gasteiger partial charge on any atom is -0.493 e. The van der Waals surface area contributed by atoms with Gasteiger partial charge in [0.15, 0.2) is 17.1 Å². The number of amides is 1. The largest absolute Gasteiger partial charge is 0.493 e. The molecule has 0 aliphatic heterocycles. The number of nitrogens with zero attached hydrogens (tertiary/aromatic N) is 3. The van der Waals surface area contributed by atoms with Gasteiger partial charge in [0.1, 0.15) is 5.52 Å². The van der Waals surface area contributed by atoms with Gasteiger partial charge in [-0.05, 0) is 12.1 Å². The molecule has 0 unspecified atom stereocenters. The third kappa shape index (κ3) is 3.22. The van der Waals surface area contributed by atoms with E-state index in [0.29, 0.717) is 39.7 Å². The summed E-state index contributed by atoms with van der Waals surface area (Å²) in [5.74, 6) is 0.0872. The van der Waals surface area contributed by atoms with Gasteiger partial charge in [-0.15, -0.1) is 0 Å². The number of rotatable bonds is 6. The molecule has 1 N–H and O–H groups in total. The topological polar surface area (TPSA) is 107 Å². The van der Waals surface area contributed by atoms with Crippen LogP contribution < -0.4 is 14.2 Å². The van der Waals surface area contributed by atoms with Crippen LogP contribution in [0.25, 0.3) is 22.4 Å². The Kier molecular flexibility index (Phi) is 5.16. The van der Waals surface area contributed by atoms with Crippen molar-refractivity contribution in [2.24, 2.45) is 0 Å². The van der Waals surface area contributed by atoms with E-state index in [1.54, 1.807) is 18.3 Å². The number of benzene rings is 1. The molecule has 0 aliphatic rings. The summed E-state index contributed by atoms with van der Waals surface area (Å²) >= 11 is 0. The van der Waals surface area contributed by atoms with Crippen molar-refractivity contribution in [3.63, 3.8) is 0 Å². The highest BCUT2D eigenvalue weighted by molar-refractivity contribution is 6.44. The lowest BCUT2D eigenvalue weighted by Crippen LogP contribution is -2.29. The second-order valence-corrected chi connectivity index (χ2v) is 6.10. The fourth-order valence-electron chi connectivity index (χ4n) is 2.75. The fraction of sp³-hybridized carbons (Fsp3) is 0.263. The third-order valence-corrected chi connectivity index (χ3v) is 4.19. The molecule has 0 spiro atoms. The lowest BCUT2D eigenvalue weighted by molar-refractivity contribution is -0.124. The molecule has 9 nitrogen and oxygen atoms in total. The molecular formula is C19H20N4O5. The van der Waals surface area contributed by atoms with Gasteiger partial charge < -0.3 is 24.1 Å². The second kappa shape index (κ2) is 7.55. The minimum atomic E-state index is -0.660. The number of H-pyrrole nitrogens is 1. The van der Waals surface area contributed by atoms with E-state index >= 15 is 0 Å². The number of aromatic nitrogens is 3. The van der Waals surface area contributed by atoms with Gasteiger partial charge in [0, 0.05) is 25.9 Å². The summed E-state index contributed by atoms with van der Waals surface area (Å²) in [5.41, 5.74) is 2.02. The van der Waals surface area contributed by atoms with Crippen molar-refractivity contribution < 1.29 is 23.8 Å². The van der Waals surface area contributed by atoms with Gasteiger partial charge >= 0.3 is 0 Å². The summed E-state index contributed by atoms with van der Waals surface area (Å²) in [6, 6.07) is 3.46. The number of ketones is 1. The van der Waals surface area contributed by atoms with Gasteiger partial charge in [0.05, 0.1) is 38.8 Å². The maximum Gasteiger partial charge on any atom is 0.294 e. The van der Waals surface area contributed by atoms with Crippen LogP contribution in [0.4, 0.5) is 0 Å². The predicted molar refractivity (Wildman–Crippen MR) is 102 cm³/mol. The molecule has 0 aliphatic carbocycles. The van der Waals surface area contributed by atoms with E-state index in [1.165, 1.54) is 46.5 Å². The molecule has 0 fully saturated rings. The molecular weight excluding hydrogens is 364 g/mol. The first-order valence-corrected chi connectivity index (χ1v) is 8.31. The smallest absolute Gasteiger partial charge is 0.294 e. The van der Waals surface area contributed by atoms with Crippen molar-refractivity contribution in [1.82, 2.24) is 19.9 Å². The summed E-state index contributed by atoms with van der Waals surface area (Å²) < 4.78 is 16.1. The molecule has 3 aromatic rings. The number of hydrogen-bond acceptors (Lipinski definition) is 7. The zero-order valence-electron chi connectivity index (χ0n) is 16.2. The summed E-state index contributed by atoms with van der Waals surface area (Å²) in [5, 5.41) is 0. The quantitative estimate of drug-likeness (QED) is 0.511. The predicted octanol–water partition coefficient (Wildman–Crippen LogP) is 1.92. The number of ether oxygens (including phenoxy) is 3. The first-order chi connectivity index (χ1) is 13.4. The van der Waals surface area contributed by atoms with Crippen molar-refractivity contribution in [1.29, 1.82) is 0 Å². The van der Waals surface area contributed by atoms with Gasteiger partial charge in [-0.3, -0.25) is 9.59 Å². The van der Waals surface area contributed by atoms with Gasteiger partial charge in [0.2, 0.25) is 5.75 Å². The molecule has 1 aromatic carbocycles. The Morgan fingerprint density at radius 3 is 2.21 bits per heavy atom. The van der Waals surface area contributed by atoms with Crippen molar-refractivity contribution in [2.75, 3.05) is 35.4 Å². The molecule has 2 aromatic heterocycles. The van der Waals surface area contributed by atoms with E-state index in [-0.39, 0.29) is 5.56 Å². The number of carbonyl (C=O) groups excluding carboxylic acids is 2. The molecule has 0 atom stereocenters. The normalized spacial score (nSPS) is 10.6. The molecule has 0 bridgehead atoms. The SMILES string of the molecule is COc1cc(-c2cnc3[nH]cc(C(=O)C(=O)N(C)C)c3n2)cc(OC)c1OC. The molecule has 146 valence electrons. The highest BCUT2D eigenvalue weighted by atomic mass is 16.5. The summed E-state index contributed by atoms with van der Waals surface area (Å²) in [6.07, 6.45) is 2.99. The second-order valence-electron chi connectivity index (χ2n) is 6.10. The van der Waals surface area contributed by atoms with E-state index in [1.807, 2.05) is 0 Å². The Morgan fingerprint density at radius 1 is 1.04 bits per heavy atom. The number of carbonyl (C=O) groups is 2. The van der Waals surface area contributed by atoms with E-state index in [9.17, 15) is 9.59 Å². The average Bonchev–Trinajstić information content (AvgIpc) is 3.14. The first-order valence-electron chi connectivity index (χ1n) is 8.31. The zero-order valence-corrected chi connectivity index (χ0v) is 16.2. The van der Waals surface area contributed by atoms with E-state index in [0.717, 1.165) is 0 Å². The van der Waals surface area contributed by atoms with Crippen LogP contribution in [0.3, 0.4) is 0 Å². The standard InChI is InChI=1S/C19H20N4O5/c1-23(2)19(25)16(24)11-8-20-18-15(11)22-12(9-21-18)10-6-13(26-3)17(28-5)14(7-10)27-4/h6-9H,1-5H3,(H,20,21). The van der Waals surface area contributed by atoms with Crippen LogP contribution in [0.5, 0.6) is 17.2 Å². The van der Waals surface area contributed by atoms with Crippen LogP contribution in [0.2, 0.25) is 0 Å². The Labute approximate surface area is 161 Å². The van der Waals surface area contributed by atoms with Crippen molar-refractivity contribution >= 4 is 22.9 Å². The minimum absolute atomic E-state index is 0.162. The van der Waals surface area contributed by atoms with Crippen LogP contribution >= 0.6 is 0 Å². The van der Waals surface area contributed by atoms with E-state index < -0.39 is 11.7 Å². The number of Topliss-reactive ketones (excluding diaryl/α,β-unsaturated/α-hetero) is 1. The lowest BCUT2D eigenvalue weighted by atomic mass is 10.1. The van der Waals surface area contributed by atoms with Crippen molar-refractivity contribution in [3.05, 3.63) is 30.1 Å². The number of nitrogens with one attached hydrogen (secondary N) is 1. The Morgan fingerprint density at radius 2 is 1.68 bits per heavy atom. The van der Waals surface area contributed by atoms with Crippen LogP contribution in [-0.2, 0) is 4.79 Å². The fourth-order valence-corrected chi connectivity index (χ4v) is 2.75. The number of methoxy groups -OCH3 is 3. The zero-order chi connectivity index (χ0) is 20.4. The Balaban J connectivity index is 2.14. The van der Waals surface area contributed by atoms with Crippen LogP contribution in [0, 0.1) is 0 Å². The van der Waals surface area contributed by atoms with Gasteiger partial charge in [-0.1, -0.05) is 0 Å². The van der Waals surface area contributed by atoms with Crippen LogP contribution in [0.15, 0.2) is 24.5 Å². The van der Waals surface area contributed by atoms with E-state index in [2.05, 4.69) is 15.0 Å². The van der Waals surface area contributed by atoms with Gasteiger partial charge in [-0.25, -0.2) is 9.97 Å². The third-order valence-electron chi connectivity index (χ3n) is 4.19. The number of aromatic amines is 1. The Hall–Kier alpha value is -3.62. The van der Waals surface area contributed by atoms with Gasteiger partial charge in [-0.2, -0.15) is 0 Å². The highest BCUT2D eigenvalue weighted by Gasteiger charge is 2.23. The molecule has 2 heterocycles. The molecule has 28 heavy (non-hydrogen) atoms. The first kappa shape index (κ1) is 19.2. The molecule has 3 rings (SSSR count). The Bertz CT molecular complexity index is 1030. The van der Waals surface area contributed by atoms with Crippen molar-refractivity contribution in [3.8, 4) is 28.5 Å². The maximum absolute atomic E-state index is 12.5. The summed E-state index contributed by atoms with van der Waals surface area (Å²) in [7, 11) is 7.59. The summed E-state index contributed by atoms with van der Waals surface area (Å²) in [4.78, 5) is 37.4. The molecule has 0 saturated heterocycles. The molecule has 0 saturated carbocycles. The molecule has 1 amide bonds. The number of fused-ring (bicyclic) bond motifs is 1. The monoisotopic (exact) mass is 384 g/mol. The lowest BCUT2D eigenvalue weighted by Gasteiger charge is -2.14. The maximum atomic E-state index is 12.5. The van der Waals surface area contributed by atoms with Gasteiger partial charge in [0.25, 0.3) is 11.7 Å². The molecule has 9 heteroatoms. The van der Waals surface area contributed by atoms with E-state index in [4.69, 9.17) is 14.2 Å². The van der Waals surface area contributed by atoms with Crippen molar-refractivity contribution in [2.45, 2.75) is 0 Å². The molecule has 0 radical (unpaired) electrons. The number of hydrogen-bond donors (Lipinski definition) is 1.